The molecule has 2 aromatic carbocycles. The second kappa shape index (κ2) is 6.76. The quantitative estimate of drug-likeness (QED) is 0.781. The van der Waals surface area contributed by atoms with Gasteiger partial charge in [-0.15, -0.1) is 10.2 Å². The van der Waals surface area contributed by atoms with Gasteiger partial charge in [0, 0.05) is 5.56 Å². The molecular weight excluding hydrogens is 340 g/mol. The average molecular weight is 350 g/mol. The van der Waals surface area contributed by atoms with Gasteiger partial charge in [-0.1, -0.05) is 17.7 Å². The van der Waals surface area contributed by atoms with Gasteiger partial charge in [-0.3, -0.25) is 4.79 Å². The van der Waals surface area contributed by atoms with Gasteiger partial charge in [0.25, 0.3) is 5.91 Å². The van der Waals surface area contributed by atoms with E-state index in [4.69, 9.17) is 16.0 Å². The summed E-state index contributed by atoms with van der Waals surface area (Å²) in [7, 11) is 0. The molecule has 0 radical (unpaired) electrons. The van der Waals surface area contributed by atoms with Crippen molar-refractivity contribution < 1.29 is 18.0 Å². The lowest BCUT2D eigenvalue weighted by atomic mass is 10.2. The summed E-state index contributed by atoms with van der Waals surface area (Å²) in [6.07, 6.45) is 0. The van der Waals surface area contributed by atoms with Crippen LogP contribution in [0.1, 0.15) is 16.2 Å². The lowest BCUT2D eigenvalue weighted by Gasteiger charge is -2.05. The third kappa shape index (κ3) is 3.41. The molecule has 0 atom stereocenters. The van der Waals surface area contributed by atoms with Gasteiger partial charge in [-0.2, -0.15) is 0 Å². The largest absolute Gasteiger partial charge is 0.419 e. The normalized spacial score (nSPS) is 10.6. The van der Waals surface area contributed by atoms with Crippen molar-refractivity contribution in [2.24, 2.45) is 0 Å². The van der Waals surface area contributed by atoms with Gasteiger partial charge < -0.3 is 9.73 Å². The van der Waals surface area contributed by atoms with E-state index in [1.54, 1.807) is 0 Å². The Balaban J connectivity index is 1.69. The Morgan fingerprint density at radius 2 is 1.88 bits per heavy atom. The molecule has 1 N–H and O–H groups in total. The molecule has 3 rings (SSSR count). The minimum atomic E-state index is -0.725. The molecule has 1 heterocycles. The number of nitrogens with zero attached hydrogens (tertiary/aromatic N) is 2. The minimum absolute atomic E-state index is 0.00466. The molecule has 0 saturated heterocycles. The second-order valence-electron chi connectivity index (χ2n) is 4.79. The highest BCUT2D eigenvalue weighted by molar-refractivity contribution is 6.33. The Morgan fingerprint density at radius 3 is 2.58 bits per heavy atom. The fraction of sp³-hybridized carbons (Fsp3) is 0.0625. The zero-order valence-corrected chi connectivity index (χ0v) is 12.8. The Hall–Kier alpha value is -2.80. The van der Waals surface area contributed by atoms with E-state index in [1.165, 1.54) is 36.4 Å². The number of carbonyl (C=O) groups excluding carboxylic acids is 1. The van der Waals surface area contributed by atoms with Crippen LogP contribution in [0.15, 0.2) is 46.9 Å². The number of carbonyl (C=O) groups is 1. The lowest BCUT2D eigenvalue weighted by Crippen LogP contribution is -2.24. The number of nitrogens with one attached hydrogen (secondary N) is 1. The molecule has 0 aliphatic rings. The molecular formula is C16H10ClF2N3O2. The van der Waals surface area contributed by atoms with Crippen LogP contribution in [0.2, 0.25) is 5.02 Å². The Labute approximate surface area is 140 Å². The van der Waals surface area contributed by atoms with Gasteiger partial charge >= 0.3 is 0 Å². The predicted molar refractivity (Wildman–Crippen MR) is 82.3 cm³/mol. The first-order chi connectivity index (χ1) is 11.5. The molecule has 1 aromatic heterocycles. The molecule has 0 saturated carbocycles. The number of benzene rings is 2. The highest BCUT2D eigenvalue weighted by Gasteiger charge is 2.16. The van der Waals surface area contributed by atoms with Gasteiger partial charge in [0.15, 0.2) is 0 Å². The molecule has 0 bridgehead atoms. The van der Waals surface area contributed by atoms with Crippen molar-refractivity contribution >= 4 is 17.5 Å². The summed E-state index contributed by atoms with van der Waals surface area (Å²) in [4.78, 5) is 12.0. The number of amides is 1. The molecule has 0 fully saturated rings. The fourth-order valence-corrected chi connectivity index (χ4v) is 2.24. The third-order valence-electron chi connectivity index (χ3n) is 3.15. The topological polar surface area (TPSA) is 68.0 Å². The van der Waals surface area contributed by atoms with E-state index in [1.807, 2.05) is 0 Å². The summed E-state index contributed by atoms with van der Waals surface area (Å²) in [5, 5.41) is 10.0. The van der Waals surface area contributed by atoms with Gasteiger partial charge in [0.1, 0.15) is 11.6 Å². The number of rotatable bonds is 4. The van der Waals surface area contributed by atoms with Gasteiger partial charge in [-0.05, 0) is 36.4 Å². The highest BCUT2D eigenvalue weighted by Crippen LogP contribution is 2.20. The van der Waals surface area contributed by atoms with Crippen LogP contribution in [0.25, 0.3) is 11.5 Å². The average Bonchev–Trinajstić information content (AvgIpc) is 3.02. The van der Waals surface area contributed by atoms with Crippen LogP contribution < -0.4 is 5.32 Å². The third-order valence-corrected chi connectivity index (χ3v) is 3.46. The molecule has 3 aromatic rings. The van der Waals surface area contributed by atoms with Gasteiger partial charge in [0.05, 0.1) is 17.1 Å². The van der Waals surface area contributed by atoms with Crippen LogP contribution in [-0.4, -0.2) is 16.1 Å². The first-order valence-corrected chi connectivity index (χ1v) is 7.23. The molecule has 0 aliphatic carbocycles. The number of halogens is 3. The van der Waals surface area contributed by atoms with Crippen LogP contribution in [-0.2, 0) is 6.54 Å². The SMILES string of the molecule is O=C(NCc1nnc(-c2ccc(F)cc2)o1)c1c(F)cccc1Cl. The maximum Gasteiger partial charge on any atom is 0.256 e. The molecule has 0 aliphatic heterocycles. The van der Waals surface area contributed by atoms with E-state index in [9.17, 15) is 13.6 Å². The van der Waals surface area contributed by atoms with Crippen LogP contribution in [0.5, 0.6) is 0 Å². The standard InChI is InChI=1S/C16H10ClF2N3O2/c17-11-2-1-3-12(19)14(11)15(23)20-8-13-21-22-16(24-13)9-4-6-10(18)7-5-9/h1-7H,8H2,(H,20,23). The highest BCUT2D eigenvalue weighted by atomic mass is 35.5. The van der Waals surface area contributed by atoms with Gasteiger partial charge in [0.2, 0.25) is 11.8 Å². The van der Waals surface area contributed by atoms with Crippen molar-refractivity contribution in [2.75, 3.05) is 0 Å². The minimum Gasteiger partial charge on any atom is -0.419 e. The summed E-state index contributed by atoms with van der Waals surface area (Å²) in [5.74, 6) is -1.50. The molecule has 122 valence electrons. The van der Waals surface area contributed by atoms with Crippen molar-refractivity contribution in [3.05, 3.63) is 70.6 Å². The van der Waals surface area contributed by atoms with Gasteiger partial charge in [-0.25, -0.2) is 8.78 Å². The van der Waals surface area contributed by atoms with E-state index in [2.05, 4.69) is 15.5 Å². The summed E-state index contributed by atoms with van der Waals surface area (Å²) in [5.41, 5.74) is 0.288. The Bertz CT molecular complexity index is 861. The number of aromatic nitrogens is 2. The predicted octanol–water partition coefficient (Wildman–Crippen LogP) is 3.60. The summed E-state index contributed by atoms with van der Waals surface area (Å²) in [6, 6.07) is 9.47. The monoisotopic (exact) mass is 349 g/mol. The van der Waals surface area contributed by atoms with Crippen molar-refractivity contribution in [1.82, 2.24) is 15.5 Å². The summed E-state index contributed by atoms with van der Waals surface area (Å²) >= 11 is 5.82. The molecule has 0 spiro atoms. The molecule has 1 amide bonds. The van der Waals surface area contributed by atoms with E-state index >= 15 is 0 Å². The molecule has 8 heteroatoms. The second-order valence-corrected chi connectivity index (χ2v) is 5.19. The van der Waals surface area contributed by atoms with Crippen LogP contribution in [0.3, 0.4) is 0 Å². The van der Waals surface area contributed by atoms with E-state index in [0.717, 1.165) is 6.07 Å². The van der Waals surface area contributed by atoms with Crippen molar-refractivity contribution in [3.63, 3.8) is 0 Å². The summed E-state index contributed by atoms with van der Waals surface area (Å²) < 4.78 is 31.9. The zero-order valence-electron chi connectivity index (χ0n) is 12.1. The lowest BCUT2D eigenvalue weighted by molar-refractivity contribution is 0.0943. The van der Waals surface area contributed by atoms with Crippen molar-refractivity contribution in [2.45, 2.75) is 6.54 Å². The molecule has 0 unspecified atom stereocenters. The van der Waals surface area contributed by atoms with E-state index in [0.29, 0.717) is 5.56 Å². The molecule has 24 heavy (non-hydrogen) atoms. The maximum atomic E-state index is 13.7. The Kier molecular flexibility index (Phi) is 4.52. The summed E-state index contributed by atoms with van der Waals surface area (Å²) in [6.45, 7) is -0.0995. The maximum absolute atomic E-state index is 13.7. The van der Waals surface area contributed by atoms with Crippen LogP contribution >= 0.6 is 11.6 Å². The smallest absolute Gasteiger partial charge is 0.256 e. The number of hydrogen-bond donors (Lipinski definition) is 1. The first kappa shape index (κ1) is 16.1. The molecule has 5 nitrogen and oxygen atoms in total. The zero-order chi connectivity index (χ0) is 17.1. The van der Waals surface area contributed by atoms with Crippen LogP contribution in [0, 0.1) is 11.6 Å². The van der Waals surface area contributed by atoms with E-state index < -0.39 is 11.7 Å². The fourth-order valence-electron chi connectivity index (χ4n) is 1.99. The van der Waals surface area contributed by atoms with Crippen molar-refractivity contribution in [1.29, 1.82) is 0 Å². The van der Waals surface area contributed by atoms with Crippen molar-refractivity contribution in [3.8, 4) is 11.5 Å². The van der Waals surface area contributed by atoms with Crippen LogP contribution in [0.4, 0.5) is 8.78 Å². The first-order valence-electron chi connectivity index (χ1n) is 6.85. The Morgan fingerprint density at radius 1 is 1.12 bits per heavy atom. The van der Waals surface area contributed by atoms with E-state index in [-0.39, 0.29) is 34.7 Å². The number of hydrogen-bond acceptors (Lipinski definition) is 4.